The third-order valence-corrected chi connectivity index (χ3v) is 5.60. The van der Waals surface area contributed by atoms with Crippen LogP contribution in [-0.2, 0) is 13.0 Å². The van der Waals surface area contributed by atoms with Gasteiger partial charge in [0.25, 0.3) is 5.91 Å². The van der Waals surface area contributed by atoms with Crippen LogP contribution in [0, 0.1) is 0 Å². The van der Waals surface area contributed by atoms with Crippen LogP contribution in [0.15, 0.2) is 67.3 Å². The maximum atomic E-state index is 13.1. The first-order chi connectivity index (χ1) is 15.7. The van der Waals surface area contributed by atoms with E-state index in [0.717, 1.165) is 40.9 Å². The second kappa shape index (κ2) is 7.31. The van der Waals surface area contributed by atoms with E-state index in [2.05, 4.69) is 36.0 Å². The summed E-state index contributed by atoms with van der Waals surface area (Å²) < 4.78 is 2.02. The molecule has 5 aromatic rings. The highest BCUT2D eigenvalue weighted by atomic mass is 16.1. The Hall–Kier alpha value is -4.53. The molecule has 1 aliphatic rings. The molecule has 156 valence electrons. The Kier molecular flexibility index (Phi) is 4.17. The van der Waals surface area contributed by atoms with Crippen LogP contribution in [-0.4, -0.2) is 35.9 Å². The number of carbonyl (C=O) groups is 1. The van der Waals surface area contributed by atoms with Crippen LogP contribution < -0.4 is 10.6 Å². The molecule has 0 aliphatic carbocycles. The summed E-state index contributed by atoms with van der Waals surface area (Å²) in [6.07, 6.45) is 6.06. The van der Waals surface area contributed by atoms with Crippen LogP contribution in [0.4, 0.5) is 17.2 Å². The fourth-order valence-electron chi connectivity index (χ4n) is 3.99. The number of anilines is 3. The van der Waals surface area contributed by atoms with Crippen LogP contribution in [0.1, 0.15) is 15.9 Å². The second-order valence-corrected chi connectivity index (χ2v) is 7.62. The molecule has 0 spiro atoms. The van der Waals surface area contributed by atoms with E-state index in [1.807, 2.05) is 41.0 Å². The van der Waals surface area contributed by atoms with Crippen molar-refractivity contribution >= 4 is 34.0 Å². The number of aryl methyl sites for hydroxylation is 2. The Balaban J connectivity index is 1.27. The molecule has 0 radical (unpaired) electrons. The van der Waals surface area contributed by atoms with Gasteiger partial charge in [-0.25, -0.2) is 4.98 Å². The summed E-state index contributed by atoms with van der Waals surface area (Å²) in [7, 11) is 0. The van der Waals surface area contributed by atoms with E-state index in [4.69, 9.17) is 0 Å². The molecule has 2 aromatic carbocycles. The molecule has 3 N–H and O–H groups in total. The number of aromatic nitrogens is 6. The molecule has 0 unspecified atom stereocenters. The van der Waals surface area contributed by atoms with Crippen molar-refractivity contribution in [3.05, 3.63) is 78.4 Å². The molecule has 6 rings (SSSR count). The SMILES string of the molecule is O=C(Nc1ccc2c(c1)-c1nncn1CC2)c1cccnc1Nc1ccc2cn[nH]c2c1. The molecule has 9 nitrogen and oxygen atoms in total. The van der Waals surface area contributed by atoms with E-state index in [1.54, 1.807) is 30.9 Å². The summed E-state index contributed by atoms with van der Waals surface area (Å²) in [5, 5.41) is 22.5. The number of hydrogen-bond acceptors (Lipinski definition) is 6. The van der Waals surface area contributed by atoms with Crippen molar-refractivity contribution < 1.29 is 4.79 Å². The van der Waals surface area contributed by atoms with Crippen molar-refractivity contribution in [2.75, 3.05) is 10.6 Å². The summed E-state index contributed by atoms with van der Waals surface area (Å²) in [5.74, 6) is 1.04. The van der Waals surface area contributed by atoms with Gasteiger partial charge in [-0.15, -0.1) is 10.2 Å². The minimum atomic E-state index is -0.250. The molecule has 1 aliphatic heterocycles. The predicted molar refractivity (Wildman–Crippen MR) is 121 cm³/mol. The molecular formula is C23H18N8O. The molecule has 0 atom stereocenters. The van der Waals surface area contributed by atoms with E-state index in [1.165, 1.54) is 5.56 Å². The number of benzene rings is 2. The lowest BCUT2D eigenvalue weighted by atomic mass is 10.00. The van der Waals surface area contributed by atoms with Gasteiger partial charge in [0.1, 0.15) is 12.1 Å². The van der Waals surface area contributed by atoms with E-state index in [-0.39, 0.29) is 5.91 Å². The van der Waals surface area contributed by atoms with Crippen molar-refractivity contribution in [2.24, 2.45) is 0 Å². The van der Waals surface area contributed by atoms with Gasteiger partial charge >= 0.3 is 0 Å². The Morgan fingerprint density at radius 3 is 3.00 bits per heavy atom. The standard InChI is InChI=1S/C23H18N8O/c32-23(28-16-5-3-14-7-9-31-13-26-30-22(31)19(14)10-16)18-2-1-8-24-21(18)27-17-6-4-15-12-25-29-20(15)11-17/h1-6,8,10-13H,7,9H2,(H,24,27)(H,25,29)(H,28,32). The Morgan fingerprint density at radius 1 is 1.09 bits per heavy atom. The number of H-pyrrole nitrogens is 1. The lowest BCUT2D eigenvalue weighted by Gasteiger charge is -2.18. The topological polar surface area (TPSA) is 113 Å². The third kappa shape index (κ3) is 3.16. The smallest absolute Gasteiger partial charge is 0.259 e. The maximum absolute atomic E-state index is 13.1. The minimum absolute atomic E-state index is 0.250. The fourth-order valence-corrected chi connectivity index (χ4v) is 3.99. The van der Waals surface area contributed by atoms with Gasteiger partial charge in [0.15, 0.2) is 5.82 Å². The number of rotatable bonds is 4. The van der Waals surface area contributed by atoms with E-state index >= 15 is 0 Å². The maximum Gasteiger partial charge on any atom is 0.259 e. The molecule has 9 heteroatoms. The number of pyridine rings is 1. The van der Waals surface area contributed by atoms with Crippen LogP contribution >= 0.6 is 0 Å². The summed E-state index contributed by atoms with van der Waals surface area (Å²) in [6, 6.07) is 15.2. The average molecular weight is 422 g/mol. The Labute approximate surface area is 182 Å². The molecule has 1 amide bonds. The van der Waals surface area contributed by atoms with Crippen molar-refractivity contribution in [1.82, 2.24) is 29.9 Å². The third-order valence-electron chi connectivity index (χ3n) is 5.60. The first-order valence-electron chi connectivity index (χ1n) is 10.2. The first kappa shape index (κ1) is 18.3. The second-order valence-electron chi connectivity index (χ2n) is 7.62. The van der Waals surface area contributed by atoms with E-state index in [0.29, 0.717) is 17.1 Å². The fraction of sp³-hybridized carbons (Fsp3) is 0.0870. The largest absolute Gasteiger partial charge is 0.340 e. The zero-order valence-corrected chi connectivity index (χ0v) is 16.9. The molecule has 3 aromatic heterocycles. The van der Waals surface area contributed by atoms with Crippen LogP contribution in [0.3, 0.4) is 0 Å². The van der Waals surface area contributed by atoms with Gasteiger partial charge in [-0.05, 0) is 54.4 Å². The van der Waals surface area contributed by atoms with Crippen molar-refractivity contribution in [2.45, 2.75) is 13.0 Å². The number of hydrogen-bond donors (Lipinski definition) is 3. The molecule has 32 heavy (non-hydrogen) atoms. The monoisotopic (exact) mass is 422 g/mol. The van der Waals surface area contributed by atoms with Gasteiger partial charge in [0.2, 0.25) is 0 Å². The lowest BCUT2D eigenvalue weighted by Crippen LogP contribution is -2.16. The van der Waals surface area contributed by atoms with Crippen molar-refractivity contribution in [1.29, 1.82) is 0 Å². The van der Waals surface area contributed by atoms with Gasteiger partial charge in [-0.2, -0.15) is 5.10 Å². The van der Waals surface area contributed by atoms with Crippen LogP contribution in [0.5, 0.6) is 0 Å². The summed E-state index contributed by atoms with van der Waals surface area (Å²) in [4.78, 5) is 17.5. The first-order valence-corrected chi connectivity index (χ1v) is 10.2. The van der Waals surface area contributed by atoms with Crippen molar-refractivity contribution in [3.8, 4) is 11.4 Å². The molecule has 0 fully saturated rings. The number of nitrogens with zero attached hydrogens (tertiary/aromatic N) is 5. The summed E-state index contributed by atoms with van der Waals surface area (Å²) in [6.45, 7) is 0.857. The lowest BCUT2D eigenvalue weighted by molar-refractivity contribution is 0.102. The number of carbonyl (C=O) groups excluding carboxylic acids is 1. The average Bonchev–Trinajstić information content (AvgIpc) is 3.48. The van der Waals surface area contributed by atoms with Crippen LogP contribution in [0.25, 0.3) is 22.3 Å². The molecule has 0 bridgehead atoms. The molecular weight excluding hydrogens is 404 g/mol. The van der Waals surface area contributed by atoms with Gasteiger partial charge in [-0.1, -0.05) is 6.07 Å². The predicted octanol–water partition coefficient (Wildman–Crippen LogP) is 3.77. The quantitative estimate of drug-likeness (QED) is 0.406. The van der Waals surface area contributed by atoms with Gasteiger partial charge in [-0.3, -0.25) is 9.89 Å². The summed E-state index contributed by atoms with van der Waals surface area (Å²) in [5.41, 5.74) is 5.03. The number of aromatic amines is 1. The number of nitrogens with one attached hydrogen (secondary N) is 3. The zero-order valence-electron chi connectivity index (χ0n) is 16.9. The molecule has 4 heterocycles. The molecule has 0 saturated carbocycles. The van der Waals surface area contributed by atoms with Gasteiger partial charge < -0.3 is 15.2 Å². The minimum Gasteiger partial charge on any atom is -0.340 e. The number of amides is 1. The highest BCUT2D eigenvalue weighted by molar-refractivity contribution is 6.08. The van der Waals surface area contributed by atoms with Gasteiger partial charge in [0, 0.05) is 35.1 Å². The molecule has 0 saturated heterocycles. The van der Waals surface area contributed by atoms with E-state index in [9.17, 15) is 4.79 Å². The van der Waals surface area contributed by atoms with Crippen LogP contribution in [0.2, 0.25) is 0 Å². The van der Waals surface area contributed by atoms with E-state index < -0.39 is 0 Å². The Bertz CT molecular complexity index is 1470. The van der Waals surface area contributed by atoms with Gasteiger partial charge in [0.05, 0.1) is 17.3 Å². The number of fused-ring (bicyclic) bond motifs is 4. The van der Waals surface area contributed by atoms with Crippen molar-refractivity contribution in [3.63, 3.8) is 0 Å². The highest BCUT2D eigenvalue weighted by Gasteiger charge is 2.19. The normalized spacial score (nSPS) is 12.2. The zero-order chi connectivity index (χ0) is 21.5. The highest BCUT2D eigenvalue weighted by Crippen LogP contribution is 2.30. The Morgan fingerprint density at radius 2 is 2.03 bits per heavy atom. The summed E-state index contributed by atoms with van der Waals surface area (Å²) >= 11 is 0.